The van der Waals surface area contributed by atoms with Gasteiger partial charge in [0.05, 0.1) is 11.3 Å². The number of carboxylic acid groups (broad SMARTS) is 1. The zero-order valence-corrected chi connectivity index (χ0v) is 14.3. The van der Waals surface area contributed by atoms with Crippen LogP contribution in [0.2, 0.25) is 5.02 Å². The summed E-state index contributed by atoms with van der Waals surface area (Å²) in [7, 11) is 0. The second kappa shape index (κ2) is 7.20. The number of piperazine rings is 1. The molecule has 3 rings (SSSR count). The second-order valence-electron chi connectivity index (χ2n) is 5.96. The molecule has 0 radical (unpaired) electrons. The van der Waals surface area contributed by atoms with Crippen LogP contribution >= 0.6 is 11.6 Å². The van der Waals surface area contributed by atoms with Gasteiger partial charge < -0.3 is 10.0 Å². The molecule has 0 aliphatic carbocycles. The van der Waals surface area contributed by atoms with Gasteiger partial charge in [-0.3, -0.25) is 4.90 Å². The van der Waals surface area contributed by atoms with Crippen LogP contribution in [0, 0.1) is 6.92 Å². The van der Waals surface area contributed by atoms with E-state index in [1.54, 1.807) is 19.1 Å². The Morgan fingerprint density at radius 2 is 1.88 bits per heavy atom. The molecule has 1 aromatic carbocycles. The van der Waals surface area contributed by atoms with Crippen LogP contribution in [0.1, 0.15) is 21.6 Å². The predicted molar refractivity (Wildman–Crippen MR) is 94.9 cm³/mol. The van der Waals surface area contributed by atoms with Crippen molar-refractivity contribution >= 4 is 23.4 Å². The van der Waals surface area contributed by atoms with Crippen molar-refractivity contribution in [2.45, 2.75) is 13.5 Å². The number of aromatic nitrogens is 1. The quantitative estimate of drug-likeness (QED) is 0.923. The van der Waals surface area contributed by atoms with Gasteiger partial charge in [0, 0.05) is 37.7 Å². The zero-order chi connectivity index (χ0) is 17.1. The fourth-order valence-corrected chi connectivity index (χ4v) is 3.15. The highest BCUT2D eigenvalue weighted by Crippen LogP contribution is 2.20. The molecule has 1 fully saturated rings. The van der Waals surface area contributed by atoms with Crippen LogP contribution in [0.15, 0.2) is 36.4 Å². The summed E-state index contributed by atoms with van der Waals surface area (Å²) < 4.78 is 0. The second-order valence-corrected chi connectivity index (χ2v) is 6.37. The van der Waals surface area contributed by atoms with E-state index >= 15 is 0 Å². The lowest BCUT2D eigenvalue weighted by Gasteiger charge is -2.35. The van der Waals surface area contributed by atoms with Gasteiger partial charge in [0.25, 0.3) is 0 Å². The van der Waals surface area contributed by atoms with E-state index in [1.807, 2.05) is 18.2 Å². The van der Waals surface area contributed by atoms with Gasteiger partial charge in [0.2, 0.25) is 0 Å². The molecule has 1 aliphatic rings. The standard InChI is InChI=1S/C18H20ClN3O2/c1-13-15(18(23)24)6-7-17(20-13)22-10-8-21(9-11-22)12-14-4-2-3-5-16(14)19/h2-7H,8-12H2,1H3,(H,23,24). The van der Waals surface area contributed by atoms with Gasteiger partial charge in [-0.2, -0.15) is 0 Å². The molecule has 0 bridgehead atoms. The molecule has 1 saturated heterocycles. The minimum Gasteiger partial charge on any atom is -0.478 e. The summed E-state index contributed by atoms with van der Waals surface area (Å²) in [6, 6.07) is 11.4. The first-order chi connectivity index (χ1) is 11.5. The molecular weight excluding hydrogens is 326 g/mol. The third-order valence-electron chi connectivity index (χ3n) is 4.35. The molecule has 2 aromatic rings. The number of aryl methyl sites for hydroxylation is 1. The Bertz CT molecular complexity index is 743. The number of pyridine rings is 1. The molecule has 0 amide bonds. The SMILES string of the molecule is Cc1nc(N2CCN(Cc3ccccc3Cl)CC2)ccc1C(=O)O. The number of carboxylic acids is 1. The van der Waals surface area contributed by atoms with Crippen LogP contribution < -0.4 is 4.90 Å². The van der Waals surface area contributed by atoms with Crippen molar-refractivity contribution in [2.24, 2.45) is 0 Å². The number of carbonyl (C=O) groups is 1. The molecule has 6 heteroatoms. The van der Waals surface area contributed by atoms with Gasteiger partial charge in [-0.25, -0.2) is 9.78 Å². The van der Waals surface area contributed by atoms with Gasteiger partial charge in [-0.15, -0.1) is 0 Å². The summed E-state index contributed by atoms with van der Waals surface area (Å²) in [4.78, 5) is 20.1. The Balaban J connectivity index is 1.62. The van der Waals surface area contributed by atoms with Crippen molar-refractivity contribution in [3.63, 3.8) is 0 Å². The Morgan fingerprint density at radius 1 is 1.17 bits per heavy atom. The Hall–Kier alpha value is -2.11. The molecule has 0 atom stereocenters. The molecular formula is C18H20ClN3O2. The van der Waals surface area contributed by atoms with Crippen molar-refractivity contribution < 1.29 is 9.90 Å². The van der Waals surface area contributed by atoms with Gasteiger partial charge in [-0.1, -0.05) is 29.8 Å². The summed E-state index contributed by atoms with van der Waals surface area (Å²) in [6.45, 7) is 6.16. The lowest BCUT2D eigenvalue weighted by molar-refractivity contribution is 0.0695. The number of rotatable bonds is 4. The molecule has 1 aliphatic heterocycles. The van der Waals surface area contributed by atoms with E-state index in [-0.39, 0.29) is 5.56 Å². The number of hydrogen-bond acceptors (Lipinski definition) is 4. The number of benzene rings is 1. The summed E-state index contributed by atoms with van der Waals surface area (Å²) in [5.74, 6) is -0.0917. The summed E-state index contributed by atoms with van der Waals surface area (Å²) in [5, 5.41) is 9.90. The van der Waals surface area contributed by atoms with Gasteiger partial charge >= 0.3 is 5.97 Å². The highest BCUT2D eigenvalue weighted by molar-refractivity contribution is 6.31. The third-order valence-corrected chi connectivity index (χ3v) is 4.72. The predicted octanol–water partition coefficient (Wildman–Crippen LogP) is 3.06. The Kier molecular flexibility index (Phi) is 5.02. The fraction of sp³-hybridized carbons (Fsp3) is 0.333. The summed E-state index contributed by atoms with van der Waals surface area (Å²) in [5.41, 5.74) is 1.96. The molecule has 2 heterocycles. The monoisotopic (exact) mass is 345 g/mol. The maximum absolute atomic E-state index is 11.1. The first-order valence-corrected chi connectivity index (χ1v) is 8.34. The molecule has 0 spiro atoms. The van der Waals surface area contributed by atoms with Crippen molar-refractivity contribution in [1.29, 1.82) is 0 Å². The fourth-order valence-electron chi connectivity index (χ4n) is 2.95. The Labute approximate surface area is 146 Å². The number of halogens is 1. The van der Waals surface area contributed by atoms with Crippen LogP contribution in [-0.2, 0) is 6.54 Å². The molecule has 24 heavy (non-hydrogen) atoms. The lowest BCUT2D eigenvalue weighted by Crippen LogP contribution is -2.46. The number of anilines is 1. The third kappa shape index (κ3) is 3.68. The van der Waals surface area contributed by atoms with Crippen molar-refractivity contribution in [3.8, 4) is 0 Å². The molecule has 5 nitrogen and oxygen atoms in total. The van der Waals surface area contributed by atoms with Crippen LogP contribution in [0.3, 0.4) is 0 Å². The number of nitrogens with zero attached hydrogens (tertiary/aromatic N) is 3. The largest absolute Gasteiger partial charge is 0.478 e. The first kappa shape index (κ1) is 16.7. The summed E-state index contributed by atoms with van der Waals surface area (Å²) in [6.07, 6.45) is 0. The topological polar surface area (TPSA) is 56.7 Å². The molecule has 126 valence electrons. The maximum atomic E-state index is 11.1. The minimum absolute atomic E-state index is 0.260. The average Bonchev–Trinajstić information content (AvgIpc) is 2.57. The highest BCUT2D eigenvalue weighted by atomic mass is 35.5. The molecule has 1 N–H and O–H groups in total. The van der Waals surface area contributed by atoms with E-state index in [0.29, 0.717) is 5.69 Å². The van der Waals surface area contributed by atoms with E-state index in [2.05, 4.69) is 20.9 Å². The van der Waals surface area contributed by atoms with E-state index in [9.17, 15) is 4.79 Å². The highest BCUT2D eigenvalue weighted by Gasteiger charge is 2.20. The number of hydrogen-bond donors (Lipinski definition) is 1. The van der Waals surface area contributed by atoms with Crippen LogP contribution in [-0.4, -0.2) is 47.1 Å². The van der Waals surface area contributed by atoms with Gasteiger partial charge in [0.1, 0.15) is 5.82 Å². The molecule has 1 aromatic heterocycles. The normalized spacial score (nSPS) is 15.5. The van der Waals surface area contributed by atoms with E-state index in [4.69, 9.17) is 16.7 Å². The maximum Gasteiger partial charge on any atom is 0.337 e. The van der Waals surface area contributed by atoms with Crippen LogP contribution in [0.25, 0.3) is 0 Å². The molecule has 0 saturated carbocycles. The lowest BCUT2D eigenvalue weighted by atomic mass is 10.2. The van der Waals surface area contributed by atoms with E-state index < -0.39 is 5.97 Å². The van der Waals surface area contributed by atoms with Crippen molar-refractivity contribution in [3.05, 3.63) is 58.2 Å². The Morgan fingerprint density at radius 3 is 2.50 bits per heavy atom. The van der Waals surface area contributed by atoms with E-state index in [0.717, 1.165) is 49.1 Å². The number of aromatic carboxylic acids is 1. The van der Waals surface area contributed by atoms with Crippen molar-refractivity contribution in [2.75, 3.05) is 31.1 Å². The van der Waals surface area contributed by atoms with Gasteiger partial charge in [-0.05, 0) is 30.7 Å². The zero-order valence-electron chi connectivity index (χ0n) is 13.6. The smallest absolute Gasteiger partial charge is 0.337 e. The van der Waals surface area contributed by atoms with Crippen LogP contribution in [0.5, 0.6) is 0 Å². The average molecular weight is 346 g/mol. The van der Waals surface area contributed by atoms with E-state index in [1.165, 1.54) is 0 Å². The summed E-state index contributed by atoms with van der Waals surface area (Å²) >= 11 is 6.23. The van der Waals surface area contributed by atoms with Crippen LogP contribution in [0.4, 0.5) is 5.82 Å². The minimum atomic E-state index is -0.934. The van der Waals surface area contributed by atoms with Crippen molar-refractivity contribution in [1.82, 2.24) is 9.88 Å². The van der Waals surface area contributed by atoms with Gasteiger partial charge in [0.15, 0.2) is 0 Å². The first-order valence-electron chi connectivity index (χ1n) is 7.96. The molecule has 0 unspecified atom stereocenters.